The maximum Gasteiger partial charge on any atom is 0.250 e. The van der Waals surface area contributed by atoms with Crippen molar-refractivity contribution >= 4 is 34.6 Å². The molecule has 1 amide bonds. The van der Waals surface area contributed by atoms with E-state index in [0.717, 1.165) is 11.4 Å². The van der Waals surface area contributed by atoms with E-state index < -0.39 is 0 Å². The molecule has 9 heteroatoms. The highest BCUT2D eigenvalue weighted by Gasteiger charge is 2.42. The summed E-state index contributed by atoms with van der Waals surface area (Å²) in [5.41, 5.74) is 3.53. The number of amides is 1. The predicted octanol–water partition coefficient (Wildman–Crippen LogP) is 5.16. The summed E-state index contributed by atoms with van der Waals surface area (Å²) < 4.78 is 13.0. The first-order chi connectivity index (χ1) is 18.1. The van der Waals surface area contributed by atoms with Gasteiger partial charge in [0.25, 0.3) is 0 Å². The molecule has 0 unspecified atom stereocenters. The molecule has 5 rings (SSSR count). The molecule has 1 saturated carbocycles. The van der Waals surface area contributed by atoms with Crippen LogP contribution in [0.25, 0.3) is 0 Å². The van der Waals surface area contributed by atoms with Crippen molar-refractivity contribution in [2.75, 3.05) is 31.0 Å². The molecule has 3 aromatic rings. The number of thiocarbonyl (C=S) groups is 1. The van der Waals surface area contributed by atoms with Gasteiger partial charge in [-0.3, -0.25) is 9.78 Å². The van der Waals surface area contributed by atoms with E-state index in [9.17, 15) is 4.79 Å². The van der Waals surface area contributed by atoms with Crippen LogP contribution in [-0.2, 0) is 9.53 Å². The van der Waals surface area contributed by atoms with Gasteiger partial charge in [-0.05, 0) is 67.5 Å². The number of rotatable bonds is 8. The second-order valence-corrected chi connectivity index (χ2v) is 9.88. The number of methoxy groups -OCH3 is 2. The number of hydrogen-bond acceptors (Lipinski definition) is 5. The standard InChI is InChI=1S/C28H33N5O3S/c1-35-18-25(34)30-22-17-20(13-14-24(22)36-2)33-27(26(31-28(33)37)21-11-6-7-15-29-21)23-12-8-16-32(23)19-9-4-3-5-10-19/h6-8,11-17,19,26-27H,3-5,9-10,18H2,1-2H3,(H,30,34)(H,31,37)/t26-,27+/m1/s1. The summed E-state index contributed by atoms with van der Waals surface area (Å²) in [5.74, 6) is 0.309. The zero-order valence-electron chi connectivity index (χ0n) is 21.2. The Kier molecular flexibility index (Phi) is 7.71. The van der Waals surface area contributed by atoms with E-state index in [1.807, 2.05) is 42.6 Å². The molecule has 3 heterocycles. The van der Waals surface area contributed by atoms with Crippen molar-refractivity contribution in [1.82, 2.24) is 14.9 Å². The molecular formula is C28H33N5O3S. The van der Waals surface area contributed by atoms with E-state index >= 15 is 0 Å². The highest BCUT2D eigenvalue weighted by Crippen LogP contribution is 2.44. The van der Waals surface area contributed by atoms with Crippen molar-refractivity contribution in [2.45, 2.75) is 50.2 Å². The van der Waals surface area contributed by atoms with E-state index in [0.29, 0.717) is 22.6 Å². The molecule has 0 spiro atoms. The average Bonchev–Trinajstić information content (AvgIpc) is 3.54. The van der Waals surface area contributed by atoms with Crippen LogP contribution in [-0.4, -0.2) is 41.4 Å². The Balaban J connectivity index is 1.58. The number of aromatic nitrogens is 2. The number of ether oxygens (including phenoxy) is 2. The topological polar surface area (TPSA) is 80.7 Å². The Morgan fingerprint density at radius 2 is 1.97 bits per heavy atom. The lowest BCUT2D eigenvalue weighted by atomic mass is 9.94. The molecule has 194 valence electrons. The lowest BCUT2D eigenvalue weighted by Gasteiger charge is -2.32. The van der Waals surface area contributed by atoms with Crippen molar-refractivity contribution in [3.05, 3.63) is 72.3 Å². The van der Waals surface area contributed by atoms with Crippen LogP contribution >= 0.6 is 12.2 Å². The van der Waals surface area contributed by atoms with Gasteiger partial charge in [0.15, 0.2) is 5.11 Å². The SMILES string of the molecule is COCC(=O)Nc1cc(N2C(=S)N[C@H](c3ccccn3)[C@@H]2c2cccn2C2CCCCC2)ccc1OC. The van der Waals surface area contributed by atoms with E-state index in [-0.39, 0.29) is 24.6 Å². The van der Waals surface area contributed by atoms with Crippen LogP contribution in [0.15, 0.2) is 60.9 Å². The highest BCUT2D eigenvalue weighted by molar-refractivity contribution is 7.80. The minimum absolute atomic E-state index is 0.0453. The molecule has 2 aromatic heterocycles. The first kappa shape index (κ1) is 25.2. The summed E-state index contributed by atoms with van der Waals surface area (Å²) in [6.07, 6.45) is 10.2. The third kappa shape index (κ3) is 5.19. The summed E-state index contributed by atoms with van der Waals surface area (Å²) in [5, 5.41) is 7.05. The Labute approximate surface area is 223 Å². The monoisotopic (exact) mass is 519 g/mol. The zero-order chi connectivity index (χ0) is 25.8. The van der Waals surface area contributed by atoms with Crippen molar-refractivity contribution in [1.29, 1.82) is 0 Å². The molecule has 0 bridgehead atoms. The Hall–Kier alpha value is -3.43. The van der Waals surface area contributed by atoms with Gasteiger partial charge in [0, 0.05) is 36.9 Å². The summed E-state index contributed by atoms with van der Waals surface area (Å²) in [6, 6.07) is 16.2. The first-order valence-corrected chi connectivity index (χ1v) is 13.2. The van der Waals surface area contributed by atoms with Gasteiger partial charge < -0.3 is 29.6 Å². The highest BCUT2D eigenvalue weighted by atomic mass is 32.1. The third-order valence-corrected chi connectivity index (χ3v) is 7.51. The third-order valence-electron chi connectivity index (χ3n) is 7.19. The maximum atomic E-state index is 12.3. The predicted molar refractivity (Wildman–Crippen MR) is 148 cm³/mol. The van der Waals surface area contributed by atoms with Crippen LogP contribution in [0.3, 0.4) is 0 Å². The Morgan fingerprint density at radius 3 is 2.70 bits per heavy atom. The smallest absolute Gasteiger partial charge is 0.250 e. The fraction of sp³-hybridized carbons (Fsp3) is 0.393. The number of benzene rings is 1. The lowest BCUT2D eigenvalue weighted by Crippen LogP contribution is -2.31. The molecule has 1 aromatic carbocycles. The normalized spacial score (nSPS) is 20.1. The molecule has 37 heavy (non-hydrogen) atoms. The van der Waals surface area contributed by atoms with Crippen LogP contribution in [0, 0.1) is 0 Å². The first-order valence-electron chi connectivity index (χ1n) is 12.7. The molecule has 1 saturated heterocycles. The molecule has 2 atom stereocenters. The van der Waals surface area contributed by atoms with Crippen molar-refractivity contribution < 1.29 is 14.3 Å². The average molecular weight is 520 g/mol. The van der Waals surface area contributed by atoms with Gasteiger partial charge in [0.05, 0.1) is 24.5 Å². The zero-order valence-corrected chi connectivity index (χ0v) is 22.0. The molecule has 1 aliphatic carbocycles. The molecule has 2 fully saturated rings. The maximum absolute atomic E-state index is 12.3. The minimum Gasteiger partial charge on any atom is -0.495 e. The van der Waals surface area contributed by atoms with Crippen LogP contribution < -0.4 is 20.3 Å². The quantitative estimate of drug-likeness (QED) is 0.398. The summed E-state index contributed by atoms with van der Waals surface area (Å²) >= 11 is 5.92. The lowest BCUT2D eigenvalue weighted by molar-refractivity contribution is -0.119. The van der Waals surface area contributed by atoms with Gasteiger partial charge in [-0.25, -0.2) is 0 Å². The Morgan fingerprint density at radius 1 is 1.14 bits per heavy atom. The molecule has 1 aliphatic heterocycles. The van der Waals surface area contributed by atoms with Gasteiger partial charge >= 0.3 is 0 Å². The van der Waals surface area contributed by atoms with E-state index in [2.05, 4.69) is 43.4 Å². The largest absolute Gasteiger partial charge is 0.495 e. The fourth-order valence-electron chi connectivity index (χ4n) is 5.54. The van der Waals surface area contributed by atoms with Crippen LogP contribution in [0.5, 0.6) is 5.75 Å². The number of hydrogen-bond donors (Lipinski definition) is 2. The van der Waals surface area contributed by atoms with Gasteiger partial charge in [-0.1, -0.05) is 25.3 Å². The van der Waals surface area contributed by atoms with Crippen molar-refractivity contribution in [3.8, 4) is 5.75 Å². The van der Waals surface area contributed by atoms with Crippen molar-refractivity contribution in [2.24, 2.45) is 0 Å². The summed E-state index contributed by atoms with van der Waals surface area (Å²) in [6.45, 7) is -0.0453. The van der Waals surface area contributed by atoms with Crippen LogP contribution in [0.2, 0.25) is 0 Å². The number of nitrogens with one attached hydrogen (secondary N) is 2. The number of carbonyl (C=O) groups is 1. The number of nitrogens with zero attached hydrogens (tertiary/aromatic N) is 3. The minimum atomic E-state index is -0.255. The van der Waals surface area contributed by atoms with E-state index in [1.54, 1.807) is 7.11 Å². The van der Waals surface area contributed by atoms with Crippen molar-refractivity contribution in [3.63, 3.8) is 0 Å². The number of carbonyl (C=O) groups excluding carboxylic acids is 1. The van der Waals surface area contributed by atoms with Gasteiger partial charge in [-0.2, -0.15) is 0 Å². The van der Waals surface area contributed by atoms with Crippen LogP contribution in [0.4, 0.5) is 11.4 Å². The molecule has 2 aliphatic rings. The second-order valence-electron chi connectivity index (χ2n) is 9.49. The van der Waals surface area contributed by atoms with E-state index in [1.165, 1.54) is 44.9 Å². The molecule has 2 N–H and O–H groups in total. The molecule has 8 nitrogen and oxygen atoms in total. The summed E-state index contributed by atoms with van der Waals surface area (Å²) in [7, 11) is 3.07. The molecule has 0 radical (unpaired) electrons. The summed E-state index contributed by atoms with van der Waals surface area (Å²) in [4.78, 5) is 19.1. The fourth-order valence-corrected chi connectivity index (χ4v) is 5.89. The van der Waals surface area contributed by atoms with Gasteiger partial charge in [0.1, 0.15) is 18.4 Å². The van der Waals surface area contributed by atoms with Gasteiger partial charge in [-0.15, -0.1) is 0 Å². The number of anilines is 2. The number of pyridine rings is 1. The van der Waals surface area contributed by atoms with Gasteiger partial charge in [0.2, 0.25) is 5.91 Å². The van der Waals surface area contributed by atoms with E-state index in [4.69, 9.17) is 21.7 Å². The van der Waals surface area contributed by atoms with Crippen LogP contribution in [0.1, 0.15) is 61.6 Å². The second kappa shape index (κ2) is 11.3. The Bertz CT molecular complexity index is 1240. The molecular weight excluding hydrogens is 486 g/mol.